The molecule has 0 saturated heterocycles. The summed E-state index contributed by atoms with van der Waals surface area (Å²) in [6.45, 7) is 0. The molecule has 60 heavy (non-hydrogen) atoms. The quantitative estimate of drug-likeness (QED) is 0.179. The van der Waals surface area contributed by atoms with E-state index >= 15 is 0 Å². The third-order valence-electron chi connectivity index (χ3n) is 12.7. The van der Waals surface area contributed by atoms with Crippen molar-refractivity contribution < 1.29 is 4.42 Å². The molecule has 0 bridgehead atoms. The molecule has 0 unspecified atom stereocenters. The lowest BCUT2D eigenvalue weighted by Crippen LogP contribution is -2.25. The van der Waals surface area contributed by atoms with Crippen LogP contribution < -0.4 is 0 Å². The third kappa shape index (κ3) is 4.53. The van der Waals surface area contributed by atoms with Crippen LogP contribution in [0, 0.1) is 0 Å². The SMILES string of the molecule is c1ccc(-c2nc(-c3cccc(-c4c5c(cc6c4oc4ccccc46)C4(c6ccccc6-c6ccccc64)c4ccccc4-5)c3)nc(-c3cccc4ccccc34)n2)cc1. The first-order valence-corrected chi connectivity index (χ1v) is 20.4. The van der Waals surface area contributed by atoms with Gasteiger partial charge >= 0.3 is 0 Å². The molecule has 4 heteroatoms. The van der Waals surface area contributed by atoms with Crippen LogP contribution in [0.15, 0.2) is 205 Å². The maximum absolute atomic E-state index is 6.97. The first-order valence-electron chi connectivity index (χ1n) is 20.4. The number of furan rings is 1. The molecule has 0 amide bonds. The standard InChI is InChI=1S/C56H33N3O/c1-2-17-35(18-3-1)53-57-54(59-55(58-53)42-27-15-19-34-16-4-5-22-38(34)42)37-21-14-20-36(32-37)50-51-43-26-8-12-30-47(43)56(45-28-10-6-23-39(45)40-24-7-11-29-46(40)56)48(51)33-44-41-25-9-13-31-49(41)60-52(44)50/h1-33H. The minimum Gasteiger partial charge on any atom is -0.455 e. The van der Waals surface area contributed by atoms with Crippen molar-refractivity contribution in [2.24, 2.45) is 0 Å². The van der Waals surface area contributed by atoms with Gasteiger partial charge in [0.15, 0.2) is 17.5 Å². The van der Waals surface area contributed by atoms with Crippen LogP contribution in [-0.2, 0) is 5.41 Å². The largest absolute Gasteiger partial charge is 0.455 e. The van der Waals surface area contributed by atoms with Crippen molar-refractivity contribution >= 4 is 32.7 Å². The molecule has 2 aliphatic carbocycles. The normalized spacial score (nSPS) is 13.1. The summed E-state index contributed by atoms with van der Waals surface area (Å²) in [4.78, 5) is 15.5. The molecule has 4 nitrogen and oxygen atoms in total. The van der Waals surface area contributed by atoms with Crippen LogP contribution in [0.3, 0.4) is 0 Å². The van der Waals surface area contributed by atoms with E-state index in [0.717, 1.165) is 60.5 Å². The molecule has 278 valence electrons. The number of hydrogen-bond acceptors (Lipinski definition) is 4. The Kier molecular flexibility index (Phi) is 6.90. The van der Waals surface area contributed by atoms with Gasteiger partial charge < -0.3 is 4.42 Å². The Balaban J connectivity index is 1.11. The Morgan fingerprint density at radius 3 is 1.65 bits per heavy atom. The molecule has 0 fully saturated rings. The molecule has 2 heterocycles. The van der Waals surface area contributed by atoms with Gasteiger partial charge in [0.25, 0.3) is 0 Å². The van der Waals surface area contributed by atoms with E-state index in [2.05, 4.69) is 182 Å². The predicted octanol–water partition coefficient (Wildman–Crippen LogP) is 13.9. The molecule has 0 radical (unpaired) electrons. The van der Waals surface area contributed by atoms with Crippen molar-refractivity contribution in [1.29, 1.82) is 0 Å². The summed E-state index contributed by atoms with van der Waals surface area (Å²) in [5.74, 6) is 1.87. The number of fused-ring (bicyclic) bond motifs is 14. The lowest BCUT2D eigenvalue weighted by Gasteiger charge is -2.30. The summed E-state index contributed by atoms with van der Waals surface area (Å²) in [5.41, 5.74) is 16.3. The lowest BCUT2D eigenvalue weighted by atomic mass is 9.70. The van der Waals surface area contributed by atoms with E-state index < -0.39 is 5.41 Å². The van der Waals surface area contributed by atoms with Gasteiger partial charge in [-0.3, -0.25) is 0 Å². The molecule has 9 aromatic carbocycles. The van der Waals surface area contributed by atoms with Gasteiger partial charge in [-0.2, -0.15) is 0 Å². The summed E-state index contributed by atoms with van der Waals surface area (Å²) < 4.78 is 6.97. The number of hydrogen-bond donors (Lipinski definition) is 0. The van der Waals surface area contributed by atoms with Crippen molar-refractivity contribution in [2.75, 3.05) is 0 Å². The molecule has 0 N–H and O–H groups in total. The number of rotatable bonds is 4. The molecule has 13 rings (SSSR count). The first-order chi connectivity index (χ1) is 29.8. The molecule has 0 saturated carbocycles. The summed E-state index contributed by atoms with van der Waals surface area (Å²) in [5, 5.41) is 4.44. The van der Waals surface area contributed by atoms with Gasteiger partial charge in [0, 0.05) is 33.0 Å². The maximum Gasteiger partial charge on any atom is 0.164 e. The van der Waals surface area contributed by atoms with Gasteiger partial charge in [0.1, 0.15) is 11.2 Å². The predicted molar refractivity (Wildman–Crippen MR) is 243 cm³/mol. The topological polar surface area (TPSA) is 51.8 Å². The second-order valence-corrected chi connectivity index (χ2v) is 15.8. The Morgan fingerprint density at radius 2 is 0.867 bits per heavy atom. The number of nitrogens with zero attached hydrogens (tertiary/aromatic N) is 3. The van der Waals surface area contributed by atoms with Crippen LogP contribution in [0.5, 0.6) is 0 Å². The average molecular weight is 764 g/mol. The Hall–Kier alpha value is -7.95. The molecule has 11 aromatic rings. The molecule has 2 aliphatic rings. The highest BCUT2D eigenvalue weighted by atomic mass is 16.3. The second-order valence-electron chi connectivity index (χ2n) is 15.8. The fraction of sp³-hybridized carbons (Fsp3) is 0.0179. The Morgan fingerprint density at radius 1 is 0.333 bits per heavy atom. The highest BCUT2D eigenvalue weighted by Gasteiger charge is 2.52. The number of aromatic nitrogens is 3. The number of benzene rings is 9. The average Bonchev–Trinajstić information content (AvgIpc) is 3.95. The Labute approximate surface area is 346 Å². The third-order valence-corrected chi connectivity index (χ3v) is 12.7. The van der Waals surface area contributed by atoms with Gasteiger partial charge in [-0.15, -0.1) is 0 Å². The zero-order valence-corrected chi connectivity index (χ0v) is 32.3. The molecular weight excluding hydrogens is 731 g/mol. The summed E-state index contributed by atoms with van der Waals surface area (Å²) in [6, 6.07) is 71.3. The van der Waals surface area contributed by atoms with E-state index in [4.69, 9.17) is 19.4 Å². The van der Waals surface area contributed by atoms with E-state index in [9.17, 15) is 0 Å². The summed E-state index contributed by atoms with van der Waals surface area (Å²) in [6.07, 6.45) is 0. The van der Waals surface area contributed by atoms with E-state index in [1.54, 1.807) is 0 Å². The van der Waals surface area contributed by atoms with Crippen LogP contribution in [0.25, 0.3) is 100 Å². The smallest absolute Gasteiger partial charge is 0.164 e. The minimum absolute atomic E-state index is 0.510. The van der Waals surface area contributed by atoms with Gasteiger partial charge in [-0.25, -0.2) is 15.0 Å². The van der Waals surface area contributed by atoms with Crippen molar-refractivity contribution in [2.45, 2.75) is 5.41 Å². The monoisotopic (exact) mass is 763 g/mol. The first kappa shape index (κ1) is 33.1. The molecule has 2 aromatic heterocycles. The molecular formula is C56H33N3O. The van der Waals surface area contributed by atoms with Gasteiger partial charge in [0.2, 0.25) is 0 Å². The molecule has 0 atom stereocenters. The highest BCUT2D eigenvalue weighted by Crippen LogP contribution is 2.65. The van der Waals surface area contributed by atoms with Crippen molar-refractivity contribution in [3.05, 3.63) is 222 Å². The lowest BCUT2D eigenvalue weighted by molar-refractivity contribution is 0.670. The van der Waals surface area contributed by atoms with Gasteiger partial charge in [-0.1, -0.05) is 182 Å². The van der Waals surface area contributed by atoms with E-state index in [0.29, 0.717) is 17.5 Å². The van der Waals surface area contributed by atoms with Crippen LogP contribution in [0.4, 0.5) is 0 Å². The van der Waals surface area contributed by atoms with Crippen molar-refractivity contribution in [3.63, 3.8) is 0 Å². The van der Waals surface area contributed by atoms with Crippen molar-refractivity contribution in [1.82, 2.24) is 15.0 Å². The van der Waals surface area contributed by atoms with Crippen LogP contribution >= 0.6 is 0 Å². The van der Waals surface area contributed by atoms with Crippen LogP contribution in [0.2, 0.25) is 0 Å². The summed E-state index contributed by atoms with van der Waals surface area (Å²) >= 11 is 0. The molecule has 1 spiro atoms. The van der Waals surface area contributed by atoms with Crippen LogP contribution in [0.1, 0.15) is 22.3 Å². The van der Waals surface area contributed by atoms with Gasteiger partial charge in [-0.05, 0) is 79.0 Å². The fourth-order valence-electron chi connectivity index (χ4n) is 10.3. The minimum atomic E-state index is -0.510. The zero-order chi connectivity index (χ0) is 39.4. The zero-order valence-electron chi connectivity index (χ0n) is 32.3. The second kappa shape index (κ2) is 12.5. The maximum atomic E-state index is 6.97. The van der Waals surface area contributed by atoms with E-state index in [1.807, 2.05) is 18.2 Å². The van der Waals surface area contributed by atoms with E-state index in [1.165, 1.54) is 44.5 Å². The van der Waals surface area contributed by atoms with Crippen LogP contribution in [-0.4, -0.2) is 15.0 Å². The summed E-state index contributed by atoms with van der Waals surface area (Å²) in [7, 11) is 0. The van der Waals surface area contributed by atoms with E-state index in [-0.39, 0.29) is 0 Å². The highest BCUT2D eigenvalue weighted by molar-refractivity contribution is 6.16. The fourth-order valence-corrected chi connectivity index (χ4v) is 10.3. The molecule has 0 aliphatic heterocycles. The Bertz CT molecular complexity index is 3510. The van der Waals surface area contributed by atoms with Gasteiger partial charge in [0.05, 0.1) is 5.41 Å². The number of para-hydroxylation sites is 1. The van der Waals surface area contributed by atoms with Crippen molar-refractivity contribution in [3.8, 4) is 67.5 Å².